The molecule has 1 saturated heterocycles. The molecule has 1 aliphatic heterocycles. The third-order valence-corrected chi connectivity index (χ3v) is 3.59. The number of benzene rings is 1. The zero-order valence-electron chi connectivity index (χ0n) is 12.0. The van der Waals surface area contributed by atoms with Gasteiger partial charge in [0.15, 0.2) is 0 Å². The third-order valence-electron chi connectivity index (χ3n) is 3.59. The van der Waals surface area contributed by atoms with E-state index in [1.54, 1.807) is 12.1 Å². The third kappa shape index (κ3) is 4.30. The van der Waals surface area contributed by atoms with Gasteiger partial charge in [0, 0.05) is 25.3 Å². The van der Waals surface area contributed by atoms with E-state index in [-0.39, 0.29) is 5.91 Å². The smallest absolute Gasteiger partial charge is 0.265 e. The molecule has 1 aromatic rings. The highest BCUT2D eigenvalue weighted by Crippen LogP contribution is 2.14. The molecule has 20 heavy (non-hydrogen) atoms. The summed E-state index contributed by atoms with van der Waals surface area (Å²) in [6, 6.07) is 7.51. The van der Waals surface area contributed by atoms with Gasteiger partial charge < -0.3 is 4.74 Å². The Bertz CT molecular complexity index is 427. The van der Waals surface area contributed by atoms with E-state index in [1.807, 2.05) is 12.1 Å². The van der Waals surface area contributed by atoms with Crippen LogP contribution in [0.1, 0.15) is 35.2 Å². The topological polar surface area (TPSA) is 67.6 Å². The van der Waals surface area contributed by atoms with Gasteiger partial charge in [-0.3, -0.25) is 15.1 Å². The number of nitrogens with one attached hydrogen (secondary N) is 1. The van der Waals surface area contributed by atoms with Crippen LogP contribution in [0.2, 0.25) is 0 Å². The lowest BCUT2D eigenvalue weighted by molar-refractivity contribution is -0.00259. The quantitative estimate of drug-likeness (QED) is 0.483. The molecule has 1 amide bonds. The Morgan fingerprint density at radius 2 is 2.15 bits per heavy atom. The molecule has 0 radical (unpaired) electrons. The lowest BCUT2D eigenvalue weighted by Gasteiger charge is -2.27. The van der Waals surface area contributed by atoms with Crippen molar-refractivity contribution in [2.24, 2.45) is 5.84 Å². The van der Waals surface area contributed by atoms with Crippen molar-refractivity contribution in [3.05, 3.63) is 35.4 Å². The van der Waals surface area contributed by atoms with Gasteiger partial charge in [-0.25, -0.2) is 5.84 Å². The summed E-state index contributed by atoms with van der Waals surface area (Å²) in [6.07, 6.45) is 3.96. The number of hydrogen-bond acceptors (Lipinski definition) is 4. The van der Waals surface area contributed by atoms with Gasteiger partial charge in [0.25, 0.3) is 5.91 Å². The van der Waals surface area contributed by atoms with E-state index < -0.39 is 0 Å². The van der Waals surface area contributed by atoms with E-state index in [9.17, 15) is 4.79 Å². The van der Waals surface area contributed by atoms with Gasteiger partial charge in [-0.2, -0.15) is 0 Å². The number of nitrogens with zero attached hydrogens (tertiary/aromatic N) is 1. The summed E-state index contributed by atoms with van der Waals surface area (Å²) in [5, 5.41) is 0. The van der Waals surface area contributed by atoms with E-state index in [1.165, 1.54) is 18.4 Å². The maximum absolute atomic E-state index is 11.3. The molecular formula is C15H23N3O2. The highest BCUT2D eigenvalue weighted by atomic mass is 16.5. The van der Waals surface area contributed by atoms with E-state index >= 15 is 0 Å². The van der Waals surface area contributed by atoms with Crippen LogP contribution in [0.15, 0.2) is 24.3 Å². The Kier molecular flexibility index (Phi) is 5.52. The summed E-state index contributed by atoms with van der Waals surface area (Å²) in [7, 11) is 2.10. The minimum atomic E-state index is -0.263. The fourth-order valence-electron chi connectivity index (χ4n) is 2.52. The average molecular weight is 277 g/mol. The van der Waals surface area contributed by atoms with Crippen molar-refractivity contribution in [1.82, 2.24) is 10.3 Å². The van der Waals surface area contributed by atoms with Crippen LogP contribution < -0.4 is 11.3 Å². The lowest BCUT2D eigenvalue weighted by atomic mass is 10.1. The van der Waals surface area contributed by atoms with Crippen LogP contribution in [0, 0.1) is 0 Å². The Morgan fingerprint density at radius 3 is 2.75 bits per heavy atom. The summed E-state index contributed by atoms with van der Waals surface area (Å²) < 4.78 is 5.74. The zero-order chi connectivity index (χ0) is 14.4. The SMILES string of the molecule is CN(Cc1ccc(C(=O)NN)cc1)CC1CCCCO1. The van der Waals surface area contributed by atoms with Crippen LogP contribution in [0.3, 0.4) is 0 Å². The molecule has 1 aromatic carbocycles. The molecule has 2 rings (SSSR count). The molecule has 1 atom stereocenters. The van der Waals surface area contributed by atoms with E-state index in [0.717, 1.165) is 26.1 Å². The lowest BCUT2D eigenvalue weighted by Crippen LogP contribution is -2.33. The number of nitrogen functional groups attached to an aromatic ring is 1. The summed E-state index contributed by atoms with van der Waals surface area (Å²) in [5.41, 5.74) is 3.89. The fourth-order valence-corrected chi connectivity index (χ4v) is 2.52. The summed E-state index contributed by atoms with van der Waals surface area (Å²) >= 11 is 0. The van der Waals surface area contributed by atoms with Crippen molar-refractivity contribution in [1.29, 1.82) is 0 Å². The molecule has 0 saturated carbocycles. The maximum atomic E-state index is 11.3. The first-order chi connectivity index (χ1) is 9.69. The number of carbonyl (C=O) groups is 1. The minimum absolute atomic E-state index is 0.263. The summed E-state index contributed by atoms with van der Waals surface area (Å²) in [4.78, 5) is 13.6. The van der Waals surface area contributed by atoms with Crippen molar-refractivity contribution in [3.63, 3.8) is 0 Å². The minimum Gasteiger partial charge on any atom is -0.377 e. The molecule has 1 unspecified atom stereocenters. The normalized spacial score (nSPS) is 19.1. The average Bonchev–Trinajstić information content (AvgIpc) is 2.48. The Balaban J connectivity index is 1.84. The van der Waals surface area contributed by atoms with Gasteiger partial charge in [0.05, 0.1) is 6.10 Å². The molecule has 5 nitrogen and oxygen atoms in total. The zero-order valence-corrected chi connectivity index (χ0v) is 12.0. The van der Waals surface area contributed by atoms with Crippen LogP contribution in [0.25, 0.3) is 0 Å². The Labute approximate surface area is 120 Å². The number of hydrazine groups is 1. The fraction of sp³-hybridized carbons (Fsp3) is 0.533. The first kappa shape index (κ1) is 15.0. The van der Waals surface area contributed by atoms with E-state index in [4.69, 9.17) is 10.6 Å². The number of ether oxygens (including phenoxy) is 1. The molecule has 0 spiro atoms. The first-order valence-electron chi connectivity index (χ1n) is 7.09. The molecule has 0 aromatic heterocycles. The molecule has 0 bridgehead atoms. The molecule has 3 N–H and O–H groups in total. The molecule has 5 heteroatoms. The first-order valence-corrected chi connectivity index (χ1v) is 7.09. The highest BCUT2D eigenvalue weighted by molar-refractivity contribution is 5.93. The summed E-state index contributed by atoms with van der Waals surface area (Å²) in [5.74, 6) is 4.84. The maximum Gasteiger partial charge on any atom is 0.265 e. The molecule has 110 valence electrons. The summed E-state index contributed by atoms with van der Waals surface area (Å²) in [6.45, 7) is 2.69. The molecule has 1 aliphatic rings. The van der Waals surface area contributed by atoms with Gasteiger partial charge >= 0.3 is 0 Å². The van der Waals surface area contributed by atoms with Gasteiger partial charge in [-0.1, -0.05) is 12.1 Å². The van der Waals surface area contributed by atoms with Crippen LogP contribution >= 0.6 is 0 Å². The van der Waals surface area contributed by atoms with E-state index in [2.05, 4.69) is 17.4 Å². The Hall–Kier alpha value is -1.43. The second-order valence-corrected chi connectivity index (χ2v) is 5.36. The standard InChI is InChI=1S/C15H23N3O2/c1-18(11-14-4-2-3-9-20-14)10-12-5-7-13(8-6-12)15(19)17-16/h5-8,14H,2-4,9-11,16H2,1H3,(H,17,19). The monoisotopic (exact) mass is 277 g/mol. The molecule has 0 aliphatic carbocycles. The highest BCUT2D eigenvalue weighted by Gasteiger charge is 2.15. The molecular weight excluding hydrogens is 254 g/mol. The number of rotatable bonds is 5. The van der Waals surface area contributed by atoms with Crippen LogP contribution in [0.5, 0.6) is 0 Å². The van der Waals surface area contributed by atoms with Crippen LogP contribution in [-0.2, 0) is 11.3 Å². The second-order valence-electron chi connectivity index (χ2n) is 5.36. The number of carbonyl (C=O) groups excluding carboxylic acids is 1. The van der Waals surface area contributed by atoms with Crippen molar-refractivity contribution in [2.75, 3.05) is 20.2 Å². The van der Waals surface area contributed by atoms with Gasteiger partial charge in [0.2, 0.25) is 0 Å². The van der Waals surface area contributed by atoms with Gasteiger partial charge in [-0.15, -0.1) is 0 Å². The van der Waals surface area contributed by atoms with Crippen molar-refractivity contribution < 1.29 is 9.53 Å². The number of nitrogens with two attached hydrogens (primary N) is 1. The van der Waals surface area contributed by atoms with Crippen molar-refractivity contribution in [2.45, 2.75) is 31.9 Å². The van der Waals surface area contributed by atoms with Crippen LogP contribution in [-0.4, -0.2) is 37.1 Å². The second kappa shape index (κ2) is 7.38. The predicted molar refractivity (Wildman–Crippen MR) is 78.0 cm³/mol. The predicted octanol–water partition coefficient (Wildman–Crippen LogP) is 1.29. The number of amides is 1. The number of likely N-dealkylation sites (N-methyl/N-ethyl adjacent to an activating group) is 1. The Morgan fingerprint density at radius 1 is 1.40 bits per heavy atom. The van der Waals surface area contributed by atoms with Crippen molar-refractivity contribution >= 4 is 5.91 Å². The largest absolute Gasteiger partial charge is 0.377 e. The number of hydrogen-bond donors (Lipinski definition) is 2. The van der Waals surface area contributed by atoms with Crippen molar-refractivity contribution in [3.8, 4) is 0 Å². The van der Waals surface area contributed by atoms with E-state index in [0.29, 0.717) is 11.7 Å². The van der Waals surface area contributed by atoms with Gasteiger partial charge in [0.1, 0.15) is 0 Å². The van der Waals surface area contributed by atoms with Gasteiger partial charge in [-0.05, 0) is 44.0 Å². The molecule has 1 heterocycles. The molecule has 1 fully saturated rings. The van der Waals surface area contributed by atoms with Crippen LogP contribution in [0.4, 0.5) is 0 Å².